The molecule has 2 aromatic rings. The number of hydrogen-bond donors (Lipinski definition) is 3. The number of carboxylic acids is 1. The molecule has 0 amide bonds. The molecule has 0 fully saturated rings. The van der Waals surface area contributed by atoms with Crippen molar-refractivity contribution in [2.75, 3.05) is 11.1 Å². The first-order valence-corrected chi connectivity index (χ1v) is 7.09. The third-order valence-electron chi connectivity index (χ3n) is 2.67. The maximum absolute atomic E-state index is 13.9. The number of halogens is 4. The van der Waals surface area contributed by atoms with Crippen molar-refractivity contribution in [1.82, 2.24) is 0 Å². The van der Waals surface area contributed by atoms with Gasteiger partial charge >= 0.3 is 5.97 Å². The van der Waals surface area contributed by atoms with Crippen LogP contribution in [0.1, 0.15) is 10.4 Å². The summed E-state index contributed by atoms with van der Waals surface area (Å²) in [7, 11) is 0. The Bertz CT molecular complexity index is 741. The molecular weight excluding hydrogens is 386 g/mol. The Morgan fingerprint density at radius 3 is 2.52 bits per heavy atom. The van der Waals surface area contributed by atoms with Crippen LogP contribution < -0.4 is 11.1 Å². The molecular formula is C13H8BrCl2FN2O2. The topological polar surface area (TPSA) is 75.3 Å². The van der Waals surface area contributed by atoms with Gasteiger partial charge in [0.05, 0.1) is 27.0 Å². The fourth-order valence-corrected chi connectivity index (χ4v) is 2.46. The van der Waals surface area contributed by atoms with Gasteiger partial charge in [-0.25, -0.2) is 9.18 Å². The normalized spacial score (nSPS) is 10.5. The van der Waals surface area contributed by atoms with E-state index in [1.165, 1.54) is 0 Å². The van der Waals surface area contributed by atoms with Gasteiger partial charge in [0.15, 0.2) is 0 Å². The summed E-state index contributed by atoms with van der Waals surface area (Å²) in [4.78, 5) is 11.0. The Morgan fingerprint density at radius 1 is 1.24 bits per heavy atom. The van der Waals surface area contributed by atoms with Crippen LogP contribution in [-0.2, 0) is 0 Å². The average molecular weight is 394 g/mol. The molecule has 0 aliphatic carbocycles. The summed E-state index contributed by atoms with van der Waals surface area (Å²) in [6, 6.07) is 5.23. The van der Waals surface area contributed by atoms with Crippen LogP contribution >= 0.6 is 39.1 Å². The van der Waals surface area contributed by atoms with Gasteiger partial charge in [0.2, 0.25) is 0 Å². The SMILES string of the molecule is Nc1cc(F)c(Nc2ccc(Br)c(Cl)c2Cl)cc1C(=O)O. The van der Waals surface area contributed by atoms with Crippen molar-refractivity contribution in [2.24, 2.45) is 0 Å². The lowest BCUT2D eigenvalue weighted by atomic mass is 10.1. The van der Waals surface area contributed by atoms with E-state index in [1.54, 1.807) is 12.1 Å². The number of nitrogens with two attached hydrogens (primary N) is 1. The Labute approximate surface area is 137 Å². The highest BCUT2D eigenvalue weighted by atomic mass is 79.9. The molecule has 0 atom stereocenters. The van der Waals surface area contributed by atoms with Crippen molar-refractivity contribution in [3.8, 4) is 0 Å². The summed E-state index contributed by atoms with van der Waals surface area (Å²) in [6.45, 7) is 0. The predicted octanol–water partition coefficient (Wildman–Crippen LogP) is 4.92. The summed E-state index contributed by atoms with van der Waals surface area (Å²) in [5.41, 5.74) is 5.36. The molecule has 0 saturated carbocycles. The smallest absolute Gasteiger partial charge is 0.337 e. The second kappa shape index (κ2) is 6.09. The first kappa shape index (κ1) is 15.9. The number of rotatable bonds is 3. The lowest BCUT2D eigenvalue weighted by Gasteiger charge is -2.12. The van der Waals surface area contributed by atoms with Gasteiger partial charge < -0.3 is 16.2 Å². The van der Waals surface area contributed by atoms with Crippen LogP contribution in [0.15, 0.2) is 28.7 Å². The third kappa shape index (κ3) is 3.23. The van der Waals surface area contributed by atoms with Gasteiger partial charge in [-0.2, -0.15) is 0 Å². The maximum atomic E-state index is 13.9. The molecule has 110 valence electrons. The first-order valence-electron chi connectivity index (χ1n) is 5.54. The number of nitrogens with one attached hydrogen (secondary N) is 1. The molecule has 0 radical (unpaired) electrons. The number of anilines is 3. The quantitative estimate of drug-likeness (QED) is 0.511. The van der Waals surface area contributed by atoms with E-state index in [9.17, 15) is 9.18 Å². The van der Waals surface area contributed by atoms with E-state index >= 15 is 0 Å². The summed E-state index contributed by atoms with van der Waals surface area (Å²) in [5.74, 6) is -1.96. The molecule has 2 rings (SSSR count). The number of hydrogen-bond acceptors (Lipinski definition) is 3. The van der Waals surface area contributed by atoms with E-state index in [4.69, 9.17) is 34.0 Å². The summed E-state index contributed by atoms with van der Waals surface area (Å²) < 4.78 is 14.5. The zero-order chi connectivity index (χ0) is 15.7. The minimum Gasteiger partial charge on any atom is -0.478 e. The zero-order valence-electron chi connectivity index (χ0n) is 10.3. The molecule has 0 heterocycles. The Morgan fingerprint density at radius 2 is 1.90 bits per heavy atom. The summed E-state index contributed by atoms with van der Waals surface area (Å²) in [5, 5.41) is 12.1. The standard InChI is InChI=1S/C13H8BrCl2FN2O2/c14-6-1-2-9(12(16)11(6)15)19-10-3-5(13(20)21)8(18)4-7(10)17/h1-4,19H,18H2,(H,20,21). The molecule has 0 spiro atoms. The number of carboxylic acid groups (broad SMARTS) is 1. The molecule has 0 aliphatic rings. The third-order valence-corrected chi connectivity index (χ3v) is 4.45. The minimum atomic E-state index is -1.25. The maximum Gasteiger partial charge on any atom is 0.337 e. The van der Waals surface area contributed by atoms with E-state index in [0.717, 1.165) is 12.1 Å². The van der Waals surface area contributed by atoms with Crippen molar-refractivity contribution in [3.63, 3.8) is 0 Å². The number of nitrogen functional groups attached to an aromatic ring is 1. The molecule has 2 aromatic carbocycles. The number of benzene rings is 2. The van der Waals surface area contributed by atoms with E-state index in [-0.39, 0.29) is 27.0 Å². The van der Waals surface area contributed by atoms with Crippen molar-refractivity contribution < 1.29 is 14.3 Å². The Balaban J connectivity index is 2.47. The number of carbonyl (C=O) groups is 1. The molecule has 0 aromatic heterocycles. The molecule has 4 nitrogen and oxygen atoms in total. The van der Waals surface area contributed by atoms with Crippen LogP contribution in [0.4, 0.5) is 21.5 Å². The molecule has 0 bridgehead atoms. The van der Waals surface area contributed by atoms with Gasteiger partial charge in [-0.3, -0.25) is 0 Å². The van der Waals surface area contributed by atoms with E-state index in [2.05, 4.69) is 21.2 Å². The summed E-state index contributed by atoms with van der Waals surface area (Å²) >= 11 is 15.2. The van der Waals surface area contributed by atoms with Crippen LogP contribution in [0.25, 0.3) is 0 Å². The van der Waals surface area contributed by atoms with Crippen LogP contribution in [0, 0.1) is 5.82 Å². The van der Waals surface area contributed by atoms with Gasteiger partial charge in [0.25, 0.3) is 0 Å². The number of aromatic carboxylic acids is 1. The minimum absolute atomic E-state index is 0.0677. The van der Waals surface area contributed by atoms with E-state index < -0.39 is 11.8 Å². The highest BCUT2D eigenvalue weighted by Gasteiger charge is 2.15. The predicted molar refractivity (Wildman–Crippen MR) is 85.2 cm³/mol. The second-order valence-electron chi connectivity index (χ2n) is 4.07. The van der Waals surface area contributed by atoms with Crippen molar-refractivity contribution in [2.45, 2.75) is 0 Å². The van der Waals surface area contributed by atoms with Crippen molar-refractivity contribution in [3.05, 3.63) is 50.2 Å². The fourth-order valence-electron chi connectivity index (χ4n) is 1.64. The van der Waals surface area contributed by atoms with Gasteiger partial charge in [0.1, 0.15) is 5.82 Å². The molecule has 0 unspecified atom stereocenters. The van der Waals surface area contributed by atoms with Gasteiger partial charge in [-0.15, -0.1) is 0 Å². The van der Waals surface area contributed by atoms with Crippen LogP contribution in [0.2, 0.25) is 10.0 Å². The monoisotopic (exact) mass is 392 g/mol. The van der Waals surface area contributed by atoms with Gasteiger partial charge in [-0.05, 0) is 40.2 Å². The van der Waals surface area contributed by atoms with E-state index in [0.29, 0.717) is 10.2 Å². The van der Waals surface area contributed by atoms with Crippen LogP contribution in [-0.4, -0.2) is 11.1 Å². The molecule has 4 N–H and O–H groups in total. The molecule has 0 aliphatic heterocycles. The molecule has 21 heavy (non-hydrogen) atoms. The largest absolute Gasteiger partial charge is 0.478 e. The lowest BCUT2D eigenvalue weighted by Crippen LogP contribution is -2.05. The fraction of sp³-hybridized carbons (Fsp3) is 0. The zero-order valence-corrected chi connectivity index (χ0v) is 13.4. The van der Waals surface area contributed by atoms with Crippen LogP contribution in [0.5, 0.6) is 0 Å². The highest BCUT2D eigenvalue weighted by Crippen LogP contribution is 2.37. The molecule has 8 heteroatoms. The molecule has 0 saturated heterocycles. The van der Waals surface area contributed by atoms with Gasteiger partial charge in [0, 0.05) is 10.2 Å². The Kier molecular flexibility index (Phi) is 4.61. The second-order valence-corrected chi connectivity index (χ2v) is 5.68. The van der Waals surface area contributed by atoms with E-state index in [1.807, 2.05) is 0 Å². The van der Waals surface area contributed by atoms with Crippen molar-refractivity contribution in [1.29, 1.82) is 0 Å². The highest BCUT2D eigenvalue weighted by molar-refractivity contribution is 9.10. The van der Waals surface area contributed by atoms with Crippen LogP contribution in [0.3, 0.4) is 0 Å². The Hall–Kier alpha value is -1.50. The lowest BCUT2D eigenvalue weighted by molar-refractivity contribution is 0.0698. The average Bonchev–Trinajstić information content (AvgIpc) is 2.41. The summed E-state index contributed by atoms with van der Waals surface area (Å²) in [6.07, 6.45) is 0. The van der Waals surface area contributed by atoms with Gasteiger partial charge in [-0.1, -0.05) is 23.2 Å². The first-order chi connectivity index (χ1) is 9.81. The van der Waals surface area contributed by atoms with Crippen molar-refractivity contribution >= 4 is 62.2 Å².